The third kappa shape index (κ3) is 6.00. The lowest BCUT2D eigenvalue weighted by Crippen LogP contribution is -2.34. The highest BCUT2D eigenvalue weighted by molar-refractivity contribution is 7.89. The number of ether oxygens (including phenoxy) is 2. The Balaban J connectivity index is 2.92. The maximum Gasteiger partial charge on any atom is 0.413 e. The fourth-order valence-electron chi connectivity index (χ4n) is 2.06. The van der Waals surface area contributed by atoms with Crippen molar-refractivity contribution in [3.8, 4) is 0 Å². The molecule has 0 saturated heterocycles. The van der Waals surface area contributed by atoms with Gasteiger partial charge in [-0.05, 0) is 25.1 Å². The zero-order valence-electron chi connectivity index (χ0n) is 15.2. The van der Waals surface area contributed by atoms with Gasteiger partial charge in [-0.15, -0.1) is 0 Å². The maximum absolute atomic E-state index is 13.9. The number of alkyl carbamates (subject to hydrolysis) is 1. The minimum absolute atomic E-state index is 0.0396. The van der Waals surface area contributed by atoms with Crippen molar-refractivity contribution in [2.45, 2.75) is 25.7 Å². The van der Waals surface area contributed by atoms with Gasteiger partial charge in [-0.2, -0.15) is 4.31 Å². The van der Waals surface area contributed by atoms with Crippen molar-refractivity contribution in [2.75, 3.05) is 26.3 Å². The molecule has 1 aromatic carbocycles. The molecule has 1 aromatic rings. The van der Waals surface area contributed by atoms with Gasteiger partial charge in [0.2, 0.25) is 10.0 Å². The van der Waals surface area contributed by atoms with Gasteiger partial charge in [0.15, 0.2) is 6.61 Å². The van der Waals surface area contributed by atoms with Crippen LogP contribution in [-0.2, 0) is 24.3 Å². The van der Waals surface area contributed by atoms with Crippen LogP contribution in [0.25, 0.3) is 0 Å². The second kappa shape index (κ2) is 9.97. The van der Waals surface area contributed by atoms with Crippen LogP contribution in [0.3, 0.4) is 0 Å². The summed E-state index contributed by atoms with van der Waals surface area (Å²) in [5.41, 5.74) is -0.646. The zero-order chi connectivity index (χ0) is 20.6. The molecule has 11 heteroatoms. The normalized spacial score (nSPS) is 11.1. The van der Waals surface area contributed by atoms with E-state index in [9.17, 15) is 27.2 Å². The molecule has 0 heterocycles. The summed E-state index contributed by atoms with van der Waals surface area (Å²) in [4.78, 5) is 34.2. The van der Waals surface area contributed by atoms with Crippen LogP contribution in [0.2, 0.25) is 0 Å². The van der Waals surface area contributed by atoms with Crippen molar-refractivity contribution >= 4 is 28.0 Å². The van der Waals surface area contributed by atoms with Crippen LogP contribution < -0.4 is 5.32 Å². The summed E-state index contributed by atoms with van der Waals surface area (Å²) in [6, 6.07) is 2.70. The van der Waals surface area contributed by atoms with E-state index in [0.717, 1.165) is 22.5 Å². The number of nitrogens with one attached hydrogen (secondary N) is 1. The Bertz CT molecular complexity index is 807. The number of nitrogens with zero attached hydrogens (tertiary/aromatic N) is 1. The second-order valence-electron chi connectivity index (χ2n) is 5.08. The highest BCUT2D eigenvalue weighted by Gasteiger charge is 2.25. The molecule has 0 aliphatic rings. The average molecular weight is 404 g/mol. The van der Waals surface area contributed by atoms with E-state index in [-0.39, 0.29) is 24.6 Å². The standard InChI is InChI=1S/C16H21FN2O7S/c1-4-19(5-2)27(23,24)11-7-8-13(17)12(9-11)15(21)26-10-14(20)18-16(22)25-6-3/h7-9H,4-6,10H2,1-3H3,(H,18,20,22). The smallest absolute Gasteiger partial charge is 0.413 e. The Labute approximate surface area is 156 Å². The molecule has 0 unspecified atom stereocenters. The minimum Gasteiger partial charge on any atom is -0.452 e. The molecule has 0 saturated carbocycles. The van der Waals surface area contributed by atoms with Crippen molar-refractivity contribution in [3.05, 3.63) is 29.6 Å². The SMILES string of the molecule is CCOC(=O)NC(=O)COC(=O)c1cc(S(=O)(=O)N(CC)CC)ccc1F. The summed E-state index contributed by atoms with van der Waals surface area (Å²) in [6.45, 7) is 4.38. The molecule has 0 radical (unpaired) electrons. The fourth-order valence-corrected chi connectivity index (χ4v) is 3.54. The molecule has 0 aliphatic heterocycles. The summed E-state index contributed by atoms with van der Waals surface area (Å²) in [5.74, 6) is -3.23. The minimum atomic E-state index is -3.91. The number of carbonyl (C=O) groups excluding carboxylic acids is 3. The van der Waals surface area contributed by atoms with E-state index in [1.165, 1.54) is 6.92 Å². The number of amides is 2. The number of benzene rings is 1. The van der Waals surface area contributed by atoms with Crippen LogP contribution >= 0.6 is 0 Å². The molecule has 9 nitrogen and oxygen atoms in total. The third-order valence-electron chi connectivity index (χ3n) is 3.35. The van der Waals surface area contributed by atoms with Gasteiger partial charge in [0, 0.05) is 13.1 Å². The van der Waals surface area contributed by atoms with E-state index in [4.69, 9.17) is 0 Å². The van der Waals surface area contributed by atoms with Gasteiger partial charge in [0.1, 0.15) is 5.82 Å². The molecule has 1 N–H and O–H groups in total. The van der Waals surface area contributed by atoms with E-state index in [2.05, 4.69) is 9.47 Å². The summed E-state index contributed by atoms with van der Waals surface area (Å²) < 4.78 is 49.1. The molecule has 0 atom stereocenters. The summed E-state index contributed by atoms with van der Waals surface area (Å²) in [5, 5.41) is 1.79. The van der Waals surface area contributed by atoms with Gasteiger partial charge in [0.05, 0.1) is 17.1 Å². The fraction of sp³-hybridized carbons (Fsp3) is 0.438. The number of esters is 1. The molecule has 0 aromatic heterocycles. The monoisotopic (exact) mass is 404 g/mol. The first-order chi connectivity index (χ1) is 12.7. The van der Waals surface area contributed by atoms with Crippen LogP contribution in [0, 0.1) is 5.82 Å². The number of halogens is 1. The van der Waals surface area contributed by atoms with Gasteiger partial charge in [-0.25, -0.2) is 22.4 Å². The first-order valence-electron chi connectivity index (χ1n) is 8.10. The lowest BCUT2D eigenvalue weighted by Gasteiger charge is -2.18. The molecule has 150 valence electrons. The Hall–Kier alpha value is -2.53. The molecule has 0 aliphatic carbocycles. The molecular weight excluding hydrogens is 383 g/mol. The van der Waals surface area contributed by atoms with E-state index < -0.39 is 46.0 Å². The van der Waals surface area contributed by atoms with E-state index >= 15 is 0 Å². The first-order valence-corrected chi connectivity index (χ1v) is 9.54. The maximum atomic E-state index is 13.9. The van der Waals surface area contributed by atoms with Gasteiger partial charge in [-0.1, -0.05) is 13.8 Å². The van der Waals surface area contributed by atoms with Crippen LogP contribution in [0.4, 0.5) is 9.18 Å². The lowest BCUT2D eigenvalue weighted by molar-refractivity contribution is -0.123. The van der Waals surface area contributed by atoms with Crippen LogP contribution in [0.15, 0.2) is 23.1 Å². The van der Waals surface area contributed by atoms with Gasteiger partial charge >= 0.3 is 12.1 Å². The zero-order valence-corrected chi connectivity index (χ0v) is 16.0. The number of imide groups is 1. The molecule has 27 heavy (non-hydrogen) atoms. The molecule has 0 fully saturated rings. The number of rotatable bonds is 8. The largest absolute Gasteiger partial charge is 0.452 e. The summed E-state index contributed by atoms with van der Waals surface area (Å²) in [7, 11) is -3.91. The summed E-state index contributed by atoms with van der Waals surface area (Å²) in [6.07, 6.45) is -1.02. The van der Waals surface area contributed by atoms with E-state index in [1.807, 2.05) is 0 Å². The first kappa shape index (κ1) is 22.5. The van der Waals surface area contributed by atoms with Crippen molar-refractivity contribution in [3.63, 3.8) is 0 Å². The number of sulfonamides is 1. The second-order valence-corrected chi connectivity index (χ2v) is 7.01. The van der Waals surface area contributed by atoms with Crippen LogP contribution in [-0.4, -0.2) is 57.0 Å². The molecule has 0 spiro atoms. The van der Waals surface area contributed by atoms with Crippen LogP contribution in [0.1, 0.15) is 31.1 Å². The quantitative estimate of drug-likeness (QED) is 0.648. The molecule has 2 amide bonds. The molecular formula is C16H21FN2O7S. The van der Waals surface area contributed by atoms with E-state index in [1.54, 1.807) is 19.2 Å². The molecule has 1 rings (SSSR count). The molecule has 0 bridgehead atoms. The number of carbonyl (C=O) groups is 3. The average Bonchev–Trinajstić information content (AvgIpc) is 2.60. The van der Waals surface area contributed by atoms with Gasteiger partial charge < -0.3 is 9.47 Å². The Kier molecular flexibility index (Phi) is 8.32. The summed E-state index contributed by atoms with van der Waals surface area (Å²) >= 11 is 0. The van der Waals surface area contributed by atoms with Crippen molar-refractivity contribution in [2.24, 2.45) is 0 Å². The third-order valence-corrected chi connectivity index (χ3v) is 5.40. The Morgan fingerprint density at radius 1 is 1.11 bits per heavy atom. The van der Waals surface area contributed by atoms with Crippen molar-refractivity contribution in [1.29, 1.82) is 0 Å². The predicted octanol–water partition coefficient (Wildman–Crippen LogP) is 1.29. The van der Waals surface area contributed by atoms with Crippen molar-refractivity contribution < 1.29 is 36.7 Å². The number of hydrogen-bond acceptors (Lipinski definition) is 7. The van der Waals surface area contributed by atoms with Crippen LogP contribution in [0.5, 0.6) is 0 Å². The highest BCUT2D eigenvalue weighted by atomic mass is 32.2. The predicted molar refractivity (Wildman–Crippen MR) is 92.0 cm³/mol. The Morgan fingerprint density at radius 3 is 2.30 bits per heavy atom. The van der Waals surface area contributed by atoms with Gasteiger partial charge in [0.25, 0.3) is 5.91 Å². The lowest BCUT2D eigenvalue weighted by atomic mass is 10.2. The highest BCUT2D eigenvalue weighted by Crippen LogP contribution is 2.19. The number of hydrogen-bond donors (Lipinski definition) is 1. The van der Waals surface area contributed by atoms with Gasteiger partial charge in [-0.3, -0.25) is 10.1 Å². The topological polar surface area (TPSA) is 119 Å². The Morgan fingerprint density at radius 2 is 1.74 bits per heavy atom. The van der Waals surface area contributed by atoms with Crippen molar-refractivity contribution in [1.82, 2.24) is 9.62 Å². The van der Waals surface area contributed by atoms with E-state index in [0.29, 0.717) is 0 Å².